The highest BCUT2D eigenvalue weighted by atomic mass is 16.5. The van der Waals surface area contributed by atoms with Crippen LogP contribution in [0, 0.1) is 11.8 Å². The standard InChI is InChI=1S/C15H30N2O/c1-4-15-14(6-8-18-15)11-17-7-5-13(10-17)9-16-12(2)3/h12-16H,4-11H2,1-3H3. The van der Waals surface area contributed by atoms with Crippen molar-refractivity contribution in [3.63, 3.8) is 0 Å². The highest BCUT2D eigenvalue weighted by Crippen LogP contribution is 2.26. The first-order valence-electron chi connectivity index (χ1n) is 7.76. The molecular weight excluding hydrogens is 224 g/mol. The largest absolute Gasteiger partial charge is 0.378 e. The maximum Gasteiger partial charge on any atom is 0.0613 e. The van der Waals surface area contributed by atoms with Crippen LogP contribution in [-0.2, 0) is 4.74 Å². The molecule has 1 N–H and O–H groups in total. The lowest BCUT2D eigenvalue weighted by Gasteiger charge is -2.24. The van der Waals surface area contributed by atoms with Gasteiger partial charge in [-0.1, -0.05) is 20.8 Å². The fourth-order valence-electron chi connectivity index (χ4n) is 3.33. The SMILES string of the molecule is CCC1OCCC1CN1CCC(CNC(C)C)C1. The van der Waals surface area contributed by atoms with Crippen molar-refractivity contribution < 1.29 is 4.74 Å². The molecule has 2 rings (SSSR count). The Balaban J connectivity index is 1.69. The van der Waals surface area contributed by atoms with Gasteiger partial charge in [-0.05, 0) is 44.2 Å². The van der Waals surface area contributed by atoms with Crippen molar-refractivity contribution in [1.29, 1.82) is 0 Å². The van der Waals surface area contributed by atoms with Crippen molar-refractivity contribution in [3.8, 4) is 0 Å². The minimum atomic E-state index is 0.526. The Morgan fingerprint density at radius 2 is 2.17 bits per heavy atom. The van der Waals surface area contributed by atoms with E-state index in [4.69, 9.17) is 4.74 Å². The second kappa shape index (κ2) is 6.88. The molecule has 0 radical (unpaired) electrons. The summed E-state index contributed by atoms with van der Waals surface area (Å²) in [6.45, 7) is 12.7. The first-order chi connectivity index (χ1) is 8.69. The molecule has 0 aromatic carbocycles. The van der Waals surface area contributed by atoms with Crippen LogP contribution >= 0.6 is 0 Å². The van der Waals surface area contributed by atoms with Crippen LogP contribution < -0.4 is 5.32 Å². The molecule has 0 bridgehead atoms. The predicted octanol–water partition coefficient (Wildman–Crippen LogP) is 2.12. The van der Waals surface area contributed by atoms with Crippen LogP contribution in [0.25, 0.3) is 0 Å². The fourth-order valence-corrected chi connectivity index (χ4v) is 3.33. The summed E-state index contributed by atoms with van der Waals surface area (Å²) in [7, 11) is 0. The molecule has 3 atom stereocenters. The Bertz CT molecular complexity index is 245. The van der Waals surface area contributed by atoms with E-state index in [1.807, 2.05) is 0 Å². The summed E-state index contributed by atoms with van der Waals surface area (Å²) in [6, 6.07) is 0.617. The molecule has 3 heteroatoms. The number of rotatable bonds is 6. The van der Waals surface area contributed by atoms with E-state index in [0.29, 0.717) is 12.1 Å². The number of nitrogens with one attached hydrogen (secondary N) is 1. The summed E-state index contributed by atoms with van der Waals surface area (Å²) in [5.74, 6) is 1.64. The van der Waals surface area contributed by atoms with Crippen LogP contribution in [0.2, 0.25) is 0 Å². The molecule has 3 nitrogen and oxygen atoms in total. The normalized spacial score (nSPS) is 33.7. The predicted molar refractivity (Wildman–Crippen MR) is 75.8 cm³/mol. The molecule has 2 fully saturated rings. The smallest absolute Gasteiger partial charge is 0.0613 e. The van der Waals surface area contributed by atoms with Gasteiger partial charge in [0.1, 0.15) is 0 Å². The van der Waals surface area contributed by atoms with Crippen molar-refractivity contribution >= 4 is 0 Å². The molecule has 2 saturated heterocycles. The third kappa shape index (κ3) is 3.94. The van der Waals surface area contributed by atoms with E-state index in [1.54, 1.807) is 0 Å². The van der Waals surface area contributed by atoms with Gasteiger partial charge < -0.3 is 15.0 Å². The number of nitrogens with zero attached hydrogens (tertiary/aromatic N) is 1. The zero-order valence-electron chi connectivity index (χ0n) is 12.3. The highest BCUT2D eigenvalue weighted by Gasteiger charge is 2.31. The van der Waals surface area contributed by atoms with E-state index in [1.165, 1.54) is 45.4 Å². The van der Waals surface area contributed by atoms with Crippen molar-refractivity contribution in [1.82, 2.24) is 10.2 Å². The number of hydrogen-bond acceptors (Lipinski definition) is 3. The molecular formula is C15H30N2O. The third-order valence-corrected chi connectivity index (χ3v) is 4.43. The lowest BCUT2D eigenvalue weighted by Crippen LogP contribution is -2.34. The molecule has 0 spiro atoms. The number of hydrogen-bond donors (Lipinski definition) is 1. The number of likely N-dealkylation sites (tertiary alicyclic amines) is 1. The van der Waals surface area contributed by atoms with Crippen LogP contribution in [0.15, 0.2) is 0 Å². The van der Waals surface area contributed by atoms with E-state index < -0.39 is 0 Å². The maximum atomic E-state index is 5.79. The van der Waals surface area contributed by atoms with E-state index in [9.17, 15) is 0 Å². The summed E-state index contributed by atoms with van der Waals surface area (Å²) in [5, 5.41) is 3.57. The molecule has 3 unspecified atom stereocenters. The molecule has 2 heterocycles. The van der Waals surface area contributed by atoms with Crippen molar-refractivity contribution in [3.05, 3.63) is 0 Å². The van der Waals surface area contributed by atoms with E-state index in [-0.39, 0.29) is 0 Å². The lowest BCUT2D eigenvalue weighted by molar-refractivity contribution is 0.0778. The fraction of sp³-hybridized carbons (Fsp3) is 1.00. The Hall–Kier alpha value is -0.120. The summed E-state index contributed by atoms with van der Waals surface area (Å²) in [5.41, 5.74) is 0. The second-order valence-corrected chi connectivity index (χ2v) is 6.34. The molecule has 0 aromatic heterocycles. The van der Waals surface area contributed by atoms with E-state index in [2.05, 4.69) is 31.0 Å². The van der Waals surface area contributed by atoms with Gasteiger partial charge in [0.05, 0.1) is 6.10 Å². The molecule has 18 heavy (non-hydrogen) atoms. The second-order valence-electron chi connectivity index (χ2n) is 6.34. The Kier molecular flexibility index (Phi) is 5.46. The van der Waals surface area contributed by atoms with Gasteiger partial charge in [-0.2, -0.15) is 0 Å². The van der Waals surface area contributed by atoms with Crippen molar-refractivity contribution in [2.75, 3.05) is 32.8 Å². The van der Waals surface area contributed by atoms with Crippen LogP contribution in [0.1, 0.15) is 40.0 Å². The Morgan fingerprint density at radius 1 is 1.33 bits per heavy atom. The quantitative estimate of drug-likeness (QED) is 0.786. The minimum absolute atomic E-state index is 0.526. The zero-order chi connectivity index (χ0) is 13.0. The van der Waals surface area contributed by atoms with Gasteiger partial charge in [-0.3, -0.25) is 0 Å². The molecule has 2 aliphatic heterocycles. The van der Waals surface area contributed by atoms with Gasteiger partial charge in [0, 0.05) is 25.7 Å². The average Bonchev–Trinajstić information content (AvgIpc) is 2.96. The first-order valence-corrected chi connectivity index (χ1v) is 7.76. The third-order valence-electron chi connectivity index (χ3n) is 4.43. The summed E-state index contributed by atoms with van der Waals surface area (Å²) in [6.07, 6.45) is 4.34. The van der Waals surface area contributed by atoms with Gasteiger partial charge >= 0.3 is 0 Å². The van der Waals surface area contributed by atoms with Crippen LogP contribution in [0.5, 0.6) is 0 Å². The van der Waals surface area contributed by atoms with E-state index in [0.717, 1.165) is 18.4 Å². The van der Waals surface area contributed by atoms with Crippen LogP contribution in [-0.4, -0.2) is 49.8 Å². The highest BCUT2D eigenvalue weighted by molar-refractivity contribution is 4.83. The average molecular weight is 254 g/mol. The van der Waals surface area contributed by atoms with Gasteiger partial charge in [-0.25, -0.2) is 0 Å². The topological polar surface area (TPSA) is 24.5 Å². The molecule has 0 amide bonds. The molecule has 0 aliphatic carbocycles. The Morgan fingerprint density at radius 3 is 2.89 bits per heavy atom. The Labute approximate surface area is 112 Å². The van der Waals surface area contributed by atoms with E-state index >= 15 is 0 Å². The monoisotopic (exact) mass is 254 g/mol. The number of ether oxygens (including phenoxy) is 1. The summed E-state index contributed by atoms with van der Waals surface area (Å²) >= 11 is 0. The van der Waals surface area contributed by atoms with Crippen LogP contribution in [0.4, 0.5) is 0 Å². The molecule has 0 saturated carbocycles. The first kappa shape index (κ1) is 14.3. The van der Waals surface area contributed by atoms with Gasteiger partial charge in [0.25, 0.3) is 0 Å². The van der Waals surface area contributed by atoms with Crippen molar-refractivity contribution in [2.24, 2.45) is 11.8 Å². The van der Waals surface area contributed by atoms with Gasteiger partial charge in [0.15, 0.2) is 0 Å². The zero-order valence-corrected chi connectivity index (χ0v) is 12.3. The summed E-state index contributed by atoms with van der Waals surface area (Å²) in [4.78, 5) is 2.66. The summed E-state index contributed by atoms with van der Waals surface area (Å²) < 4.78 is 5.79. The molecule has 106 valence electrons. The van der Waals surface area contributed by atoms with Gasteiger partial charge in [-0.15, -0.1) is 0 Å². The molecule has 0 aromatic rings. The maximum absolute atomic E-state index is 5.79. The van der Waals surface area contributed by atoms with Crippen molar-refractivity contribution in [2.45, 2.75) is 52.2 Å². The minimum Gasteiger partial charge on any atom is -0.378 e. The van der Waals surface area contributed by atoms with Crippen LogP contribution in [0.3, 0.4) is 0 Å². The molecule has 2 aliphatic rings. The lowest BCUT2D eigenvalue weighted by atomic mass is 9.99. The van der Waals surface area contributed by atoms with Gasteiger partial charge in [0.2, 0.25) is 0 Å².